The number of hydrogen-bond acceptors (Lipinski definition) is 5. The summed E-state index contributed by atoms with van der Waals surface area (Å²) in [5, 5.41) is 10.0. The van der Waals surface area contributed by atoms with Crippen LogP contribution in [0.1, 0.15) is 39.5 Å². The molecule has 0 aromatic heterocycles. The van der Waals surface area contributed by atoms with Crippen LogP contribution in [0.4, 0.5) is 15.3 Å². The lowest BCUT2D eigenvalue weighted by atomic mass is 10.1. The summed E-state index contributed by atoms with van der Waals surface area (Å²) in [5.41, 5.74) is 0.577. The van der Waals surface area contributed by atoms with Crippen LogP contribution >= 0.6 is 0 Å². The summed E-state index contributed by atoms with van der Waals surface area (Å²) in [6, 6.07) is 6.74. The van der Waals surface area contributed by atoms with Crippen molar-refractivity contribution in [2.75, 3.05) is 11.9 Å². The van der Waals surface area contributed by atoms with Crippen molar-refractivity contribution in [3.05, 3.63) is 30.3 Å². The number of anilines is 1. The Morgan fingerprint density at radius 1 is 1.03 bits per heavy atom. The molecule has 9 nitrogen and oxygen atoms in total. The second-order valence-corrected chi connectivity index (χ2v) is 7.30. The van der Waals surface area contributed by atoms with Crippen LogP contribution in [-0.2, 0) is 14.3 Å². The van der Waals surface area contributed by atoms with Crippen LogP contribution in [0.3, 0.4) is 0 Å². The van der Waals surface area contributed by atoms with Crippen molar-refractivity contribution in [1.29, 1.82) is 0 Å². The van der Waals surface area contributed by atoms with Gasteiger partial charge in [0.25, 0.3) is 5.91 Å². The summed E-state index contributed by atoms with van der Waals surface area (Å²) in [4.78, 5) is 48.0. The molecule has 158 valence electrons. The number of rotatable bonds is 7. The van der Waals surface area contributed by atoms with E-state index in [0.717, 1.165) is 25.7 Å². The first-order valence-electron chi connectivity index (χ1n) is 9.74. The average Bonchev–Trinajstić information content (AvgIpc) is 3.17. The van der Waals surface area contributed by atoms with Crippen LogP contribution in [0.25, 0.3) is 0 Å². The Hall–Kier alpha value is -3.10. The van der Waals surface area contributed by atoms with E-state index in [-0.39, 0.29) is 12.0 Å². The van der Waals surface area contributed by atoms with Crippen LogP contribution in [0.15, 0.2) is 30.3 Å². The number of ether oxygens (including phenoxy) is 1. The van der Waals surface area contributed by atoms with Gasteiger partial charge in [-0.2, -0.15) is 0 Å². The summed E-state index contributed by atoms with van der Waals surface area (Å²) in [7, 11) is 0. The Balaban J connectivity index is 1.76. The van der Waals surface area contributed by atoms with E-state index in [4.69, 9.17) is 4.74 Å². The van der Waals surface area contributed by atoms with Crippen LogP contribution in [0, 0.1) is 5.92 Å². The minimum absolute atomic E-state index is 0.0722. The van der Waals surface area contributed by atoms with Crippen molar-refractivity contribution in [2.24, 2.45) is 5.92 Å². The summed E-state index contributed by atoms with van der Waals surface area (Å²) >= 11 is 0. The topological polar surface area (TPSA) is 126 Å². The third-order valence-electron chi connectivity index (χ3n) is 4.53. The molecule has 1 aromatic rings. The molecule has 0 spiro atoms. The Kier molecular flexibility index (Phi) is 8.45. The molecule has 1 aliphatic carbocycles. The molecule has 9 heteroatoms. The highest BCUT2D eigenvalue weighted by Crippen LogP contribution is 2.17. The molecule has 0 aliphatic heterocycles. The molecule has 1 saturated carbocycles. The van der Waals surface area contributed by atoms with Crippen molar-refractivity contribution in [3.63, 3.8) is 0 Å². The Morgan fingerprint density at radius 3 is 2.31 bits per heavy atom. The molecule has 1 aromatic carbocycles. The smallest absolute Gasteiger partial charge is 0.329 e. The van der Waals surface area contributed by atoms with E-state index in [1.807, 2.05) is 6.07 Å². The number of esters is 1. The largest absolute Gasteiger partial charge is 0.454 e. The molecule has 29 heavy (non-hydrogen) atoms. The number of amides is 5. The fourth-order valence-corrected chi connectivity index (χ4v) is 3.01. The zero-order chi connectivity index (χ0) is 21.2. The van der Waals surface area contributed by atoms with Crippen molar-refractivity contribution in [3.8, 4) is 0 Å². The highest BCUT2D eigenvalue weighted by molar-refractivity contribution is 5.96. The highest BCUT2D eigenvalue weighted by Gasteiger charge is 2.27. The lowest BCUT2D eigenvalue weighted by Crippen LogP contribution is -2.48. The fourth-order valence-electron chi connectivity index (χ4n) is 3.01. The van der Waals surface area contributed by atoms with Gasteiger partial charge < -0.3 is 20.7 Å². The van der Waals surface area contributed by atoms with E-state index < -0.39 is 36.6 Å². The molecule has 0 bridgehead atoms. The molecule has 0 heterocycles. The predicted molar refractivity (Wildman–Crippen MR) is 107 cm³/mol. The van der Waals surface area contributed by atoms with Gasteiger partial charge in [-0.15, -0.1) is 0 Å². The van der Waals surface area contributed by atoms with Gasteiger partial charge in [0.15, 0.2) is 6.61 Å². The minimum atomic E-state index is -0.946. The highest BCUT2D eigenvalue weighted by atomic mass is 16.5. The number of carbonyl (C=O) groups is 4. The van der Waals surface area contributed by atoms with E-state index in [9.17, 15) is 19.2 Å². The van der Waals surface area contributed by atoms with Crippen molar-refractivity contribution < 1.29 is 23.9 Å². The zero-order valence-electron chi connectivity index (χ0n) is 16.7. The average molecular weight is 404 g/mol. The van der Waals surface area contributed by atoms with Gasteiger partial charge in [0.2, 0.25) is 0 Å². The molecule has 5 amide bonds. The number of hydrogen-bond donors (Lipinski definition) is 4. The van der Waals surface area contributed by atoms with Crippen LogP contribution in [0.2, 0.25) is 0 Å². The lowest BCUT2D eigenvalue weighted by Gasteiger charge is -2.21. The number of nitrogens with one attached hydrogen (secondary N) is 4. The van der Waals surface area contributed by atoms with Crippen LogP contribution in [0.5, 0.6) is 0 Å². The number of benzene rings is 1. The van der Waals surface area contributed by atoms with Gasteiger partial charge in [0.1, 0.15) is 6.04 Å². The Labute approximate surface area is 169 Å². The molecule has 0 saturated heterocycles. The normalized spacial score (nSPS) is 14.7. The van der Waals surface area contributed by atoms with Crippen molar-refractivity contribution >= 4 is 29.6 Å². The molecule has 0 radical (unpaired) electrons. The molecule has 1 aliphatic rings. The van der Waals surface area contributed by atoms with E-state index >= 15 is 0 Å². The quantitative estimate of drug-likeness (QED) is 0.518. The Morgan fingerprint density at radius 2 is 1.69 bits per heavy atom. The second-order valence-electron chi connectivity index (χ2n) is 7.30. The summed E-state index contributed by atoms with van der Waals surface area (Å²) in [5.74, 6) is -1.75. The monoisotopic (exact) mass is 404 g/mol. The maximum atomic E-state index is 12.3. The molecule has 0 unspecified atom stereocenters. The standard InChI is InChI=1S/C20H28N4O5/c1-13(2)17(24-20(28)22-14-8-4-3-5-9-14)18(26)29-12-16(25)23-19(27)21-15-10-6-7-11-15/h3-5,8-9,13,15,17H,6-7,10-12H2,1-2H3,(H2,22,24,28)(H2,21,23,25,27)/t17-/m1/s1. The van der Waals surface area contributed by atoms with E-state index in [2.05, 4.69) is 21.3 Å². The third kappa shape index (κ3) is 7.81. The lowest BCUT2D eigenvalue weighted by molar-refractivity contribution is -0.151. The number of imide groups is 1. The molecular weight excluding hydrogens is 376 g/mol. The number of carbonyl (C=O) groups excluding carboxylic acids is 4. The first-order valence-corrected chi connectivity index (χ1v) is 9.74. The van der Waals surface area contributed by atoms with Crippen molar-refractivity contribution in [1.82, 2.24) is 16.0 Å². The molecule has 2 rings (SSSR count). The Bertz CT molecular complexity index is 717. The SMILES string of the molecule is CC(C)[C@@H](NC(=O)Nc1ccccc1)C(=O)OCC(=O)NC(=O)NC1CCCC1. The van der Waals surface area contributed by atoms with Gasteiger partial charge in [-0.1, -0.05) is 44.9 Å². The third-order valence-corrected chi connectivity index (χ3v) is 4.53. The van der Waals surface area contributed by atoms with Crippen LogP contribution in [-0.4, -0.2) is 42.6 Å². The second kappa shape index (κ2) is 11.0. The molecular formula is C20H28N4O5. The van der Waals surface area contributed by atoms with Gasteiger partial charge in [0, 0.05) is 11.7 Å². The van der Waals surface area contributed by atoms with Crippen LogP contribution < -0.4 is 21.3 Å². The zero-order valence-corrected chi connectivity index (χ0v) is 16.7. The van der Waals surface area contributed by atoms with Gasteiger partial charge in [0.05, 0.1) is 0 Å². The maximum absolute atomic E-state index is 12.3. The van der Waals surface area contributed by atoms with E-state index in [0.29, 0.717) is 5.69 Å². The van der Waals surface area contributed by atoms with Crippen molar-refractivity contribution in [2.45, 2.75) is 51.6 Å². The van der Waals surface area contributed by atoms with Gasteiger partial charge in [-0.25, -0.2) is 14.4 Å². The van der Waals surface area contributed by atoms with Gasteiger partial charge in [-0.05, 0) is 30.9 Å². The van der Waals surface area contributed by atoms with E-state index in [1.54, 1.807) is 38.1 Å². The number of urea groups is 2. The molecule has 4 N–H and O–H groups in total. The summed E-state index contributed by atoms with van der Waals surface area (Å²) in [6.45, 7) is 2.87. The van der Waals surface area contributed by atoms with Gasteiger partial charge in [-0.3, -0.25) is 10.1 Å². The first kappa shape index (κ1) is 22.2. The predicted octanol–water partition coefficient (Wildman–Crippen LogP) is 2.14. The minimum Gasteiger partial charge on any atom is -0.454 e. The number of para-hydroxylation sites is 1. The summed E-state index contributed by atoms with van der Waals surface area (Å²) < 4.78 is 4.98. The molecule has 1 fully saturated rings. The first-order chi connectivity index (χ1) is 13.8. The summed E-state index contributed by atoms with van der Waals surface area (Å²) in [6.07, 6.45) is 3.89. The van der Waals surface area contributed by atoms with Gasteiger partial charge >= 0.3 is 18.0 Å². The maximum Gasteiger partial charge on any atom is 0.329 e. The fraction of sp³-hybridized carbons (Fsp3) is 0.500. The van der Waals surface area contributed by atoms with E-state index in [1.165, 1.54) is 0 Å². The molecule has 1 atom stereocenters.